The largest absolute Gasteiger partial charge is 0.392 e. The van der Waals surface area contributed by atoms with E-state index in [0.717, 1.165) is 5.56 Å². The SMILES string of the molecule is NC(=S)C(C(=O)N1CCCS(=O)(=O)CC1)c1ccccc1. The third-order valence-corrected chi connectivity index (χ3v) is 5.48. The second kappa shape index (κ2) is 6.53. The average molecular weight is 326 g/mol. The van der Waals surface area contributed by atoms with Crippen LogP contribution in [0, 0.1) is 0 Å². The summed E-state index contributed by atoms with van der Waals surface area (Å²) in [6, 6.07) is 9.09. The minimum atomic E-state index is -3.05. The fourth-order valence-corrected chi connectivity index (χ4v) is 3.92. The molecule has 2 N–H and O–H groups in total. The predicted octanol–water partition coefficient (Wildman–Crippen LogP) is 0.703. The Labute approximate surface area is 130 Å². The molecule has 21 heavy (non-hydrogen) atoms. The van der Waals surface area contributed by atoms with Gasteiger partial charge in [-0.15, -0.1) is 0 Å². The highest BCUT2D eigenvalue weighted by molar-refractivity contribution is 7.91. The van der Waals surface area contributed by atoms with Gasteiger partial charge in [-0.3, -0.25) is 4.79 Å². The number of carbonyl (C=O) groups excluding carboxylic acids is 1. The second-order valence-corrected chi connectivity index (χ2v) is 7.85. The number of hydrogen-bond acceptors (Lipinski definition) is 4. The molecule has 0 aliphatic carbocycles. The number of nitrogens with two attached hydrogens (primary N) is 1. The molecule has 1 fully saturated rings. The molecule has 2 rings (SSSR count). The van der Waals surface area contributed by atoms with Crippen molar-refractivity contribution in [1.29, 1.82) is 0 Å². The number of sulfone groups is 1. The Hall–Kier alpha value is -1.47. The summed E-state index contributed by atoms with van der Waals surface area (Å²) in [4.78, 5) is 14.3. The number of carbonyl (C=O) groups is 1. The molecule has 1 amide bonds. The summed E-state index contributed by atoms with van der Waals surface area (Å²) >= 11 is 5.04. The Morgan fingerprint density at radius 1 is 1.19 bits per heavy atom. The molecule has 1 saturated heterocycles. The van der Waals surface area contributed by atoms with Crippen molar-refractivity contribution in [2.45, 2.75) is 12.3 Å². The van der Waals surface area contributed by atoms with E-state index in [9.17, 15) is 13.2 Å². The van der Waals surface area contributed by atoms with E-state index in [-0.39, 0.29) is 28.9 Å². The molecule has 1 aromatic rings. The normalized spacial score (nSPS) is 19.5. The summed E-state index contributed by atoms with van der Waals surface area (Å²) in [5.41, 5.74) is 6.47. The standard InChI is InChI=1S/C14H18N2O3S2/c15-13(20)12(11-5-2-1-3-6-11)14(17)16-7-4-9-21(18,19)10-8-16/h1-3,5-6,12H,4,7-10H2,(H2,15,20). The Bertz CT molecular complexity index is 629. The van der Waals surface area contributed by atoms with Crippen LogP contribution in [0.3, 0.4) is 0 Å². The molecule has 0 spiro atoms. The molecule has 1 heterocycles. The zero-order valence-corrected chi connectivity index (χ0v) is 13.2. The molecular formula is C14H18N2O3S2. The van der Waals surface area contributed by atoms with E-state index in [1.165, 1.54) is 0 Å². The maximum absolute atomic E-state index is 12.7. The zero-order chi connectivity index (χ0) is 15.5. The van der Waals surface area contributed by atoms with E-state index in [2.05, 4.69) is 0 Å². The van der Waals surface area contributed by atoms with Gasteiger partial charge in [0.05, 0.1) is 16.5 Å². The Morgan fingerprint density at radius 2 is 1.86 bits per heavy atom. The maximum atomic E-state index is 12.7. The number of nitrogens with zero attached hydrogens (tertiary/aromatic N) is 1. The van der Waals surface area contributed by atoms with Crippen LogP contribution < -0.4 is 5.73 Å². The first-order chi connectivity index (χ1) is 9.91. The molecule has 1 aliphatic rings. The average Bonchev–Trinajstić information content (AvgIpc) is 2.60. The van der Waals surface area contributed by atoms with Gasteiger partial charge in [0.15, 0.2) is 9.84 Å². The van der Waals surface area contributed by atoms with Gasteiger partial charge in [0.2, 0.25) is 5.91 Å². The molecule has 1 aliphatic heterocycles. The van der Waals surface area contributed by atoms with Crippen LogP contribution >= 0.6 is 12.2 Å². The number of hydrogen-bond donors (Lipinski definition) is 1. The van der Waals surface area contributed by atoms with Crippen molar-refractivity contribution >= 4 is 33.0 Å². The number of thiocarbonyl (C=S) groups is 1. The van der Waals surface area contributed by atoms with E-state index in [1.54, 1.807) is 17.0 Å². The molecular weight excluding hydrogens is 308 g/mol. The van der Waals surface area contributed by atoms with Gasteiger partial charge in [-0.1, -0.05) is 42.5 Å². The van der Waals surface area contributed by atoms with E-state index in [0.29, 0.717) is 13.0 Å². The maximum Gasteiger partial charge on any atom is 0.237 e. The quantitative estimate of drug-likeness (QED) is 0.827. The highest BCUT2D eigenvalue weighted by Gasteiger charge is 2.30. The molecule has 1 atom stereocenters. The van der Waals surface area contributed by atoms with Gasteiger partial charge in [0.25, 0.3) is 0 Å². The van der Waals surface area contributed by atoms with Gasteiger partial charge in [-0.05, 0) is 12.0 Å². The van der Waals surface area contributed by atoms with E-state index < -0.39 is 15.8 Å². The number of rotatable bonds is 3. The van der Waals surface area contributed by atoms with Gasteiger partial charge in [-0.2, -0.15) is 0 Å². The van der Waals surface area contributed by atoms with Gasteiger partial charge in [-0.25, -0.2) is 8.42 Å². The molecule has 0 aromatic heterocycles. The lowest BCUT2D eigenvalue weighted by Crippen LogP contribution is -2.41. The van der Waals surface area contributed by atoms with Crippen LogP contribution in [0.15, 0.2) is 30.3 Å². The Morgan fingerprint density at radius 3 is 2.48 bits per heavy atom. The van der Waals surface area contributed by atoms with E-state index >= 15 is 0 Å². The van der Waals surface area contributed by atoms with E-state index in [1.807, 2.05) is 18.2 Å². The Kier molecular flexibility index (Phi) is 4.95. The monoisotopic (exact) mass is 326 g/mol. The fourth-order valence-electron chi connectivity index (χ4n) is 2.42. The summed E-state index contributed by atoms with van der Waals surface area (Å²) in [5, 5.41) is 0. The van der Waals surface area contributed by atoms with Crippen molar-refractivity contribution in [1.82, 2.24) is 4.90 Å². The zero-order valence-electron chi connectivity index (χ0n) is 11.6. The summed E-state index contributed by atoms with van der Waals surface area (Å²) in [6.45, 7) is 0.622. The summed E-state index contributed by atoms with van der Waals surface area (Å²) in [6.07, 6.45) is 0.451. The van der Waals surface area contributed by atoms with Crippen LogP contribution in [0.2, 0.25) is 0 Å². The van der Waals surface area contributed by atoms with Gasteiger partial charge in [0, 0.05) is 13.1 Å². The third-order valence-electron chi connectivity index (χ3n) is 3.53. The minimum Gasteiger partial charge on any atom is -0.392 e. The summed E-state index contributed by atoms with van der Waals surface area (Å²) < 4.78 is 23.2. The van der Waals surface area contributed by atoms with Crippen molar-refractivity contribution in [2.24, 2.45) is 5.73 Å². The van der Waals surface area contributed by atoms with Crippen LogP contribution in [0.5, 0.6) is 0 Å². The molecule has 1 aromatic carbocycles. The van der Waals surface area contributed by atoms with Gasteiger partial charge in [0.1, 0.15) is 5.92 Å². The smallest absolute Gasteiger partial charge is 0.237 e. The molecule has 0 radical (unpaired) electrons. The summed E-state index contributed by atoms with van der Waals surface area (Å²) in [7, 11) is -3.05. The fraction of sp³-hybridized carbons (Fsp3) is 0.429. The molecule has 7 heteroatoms. The lowest BCUT2D eigenvalue weighted by atomic mass is 9.97. The van der Waals surface area contributed by atoms with Crippen LogP contribution in [0.4, 0.5) is 0 Å². The van der Waals surface area contributed by atoms with Crippen molar-refractivity contribution in [3.05, 3.63) is 35.9 Å². The van der Waals surface area contributed by atoms with Crippen LogP contribution in [-0.2, 0) is 14.6 Å². The van der Waals surface area contributed by atoms with Crippen LogP contribution in [0.25, 0.3) is 0 Å². The van der Waals surface area contributed by atoms with Gasteiger partial charge >= 0.3 is 0 Å². The first kappa shape index (κ1) is 15.9. The van der Waals surface area contributed by atoms with Crippen molar-refractivity contribution in [2.75, 3.05) is 24.6 Å². The third kappa shape index (κ3) is 4.01. The molecule has 1 unspecified atom stereocenters. The van der Waals surface area contributed by atoms with Crippen LogP contribution in [0.1, 0.15) is 17.9 Å². The van der Waals surface area contributed by atoms with E-state index in [4.69, 9.17) is 18.0 Å². The predicted molar refractivity (Wildman–Crippen MR) is 85.8 cm³/mol. The summed E-state index contributed by atoms with van der Waals surface area (Å²) in [5.74, 6) is -0.787. The van der Waals surface area contributed by atoms with Crippen LogP contribution in [-0.4, -0.2) is 48.8 Å². The lowest BCUT2D eigenvalue weighted by Gasteiger charge is -2.25. The topological polar surface area (TPSA) is 80.5 Å². The highest BCUT2D eigenvalue weighted by atomic mass is 32.2. The number of amides is 1. The van der Waals surface area contributed by atoms with Crippen molar-refractivity contribution in [3.8, 4) is 0 Å². The van der Waals surface area contributed by atoms with Crippen molar-refractivity contribution < 1.29 is 13.2 Å². The van der Waals surface area contributed by atoms with Crippen molar-refractivity contribution in [3.63, 3.8) is 0 Å². The first-order valence-corrected chi connectivity index (χ1v) is 8.97. The molecule has 5 nitrogen and oxygen atoms in total. The highest BCUT2D eigenvalue weighted by Crippen LogP contribution is 2.20. The van der Waals surface area contributed by atoms with Gasteiger partial charge < -0.3 is 10.6 Å². The molecule has 114 valence electrons. The lowest BCUT2D eigenvalue weighted by molar-refractivity contribution is -0.130. The minimum absolute atomic E-state index is 0.00240. The first-order valence-electron chi connectivity index (χ1n) is 6.74. The second-order valence-electron chi connectivity index (χ2n) is 5.08. The number of benzene rings is 1. The molecule has 0 saturated carbocycles. The Balaban J connectivity index is 2.21. The molecule has 0 bridgehead atoms.